The van der Waals surface area contributed by atoms with Gasteiger partial charge in [-0.25, -0.2) is 0 Å². The predicted molar refractivity (Wildman–Crippen MR) is 28.1 cm³/mol. The van der Waals surface area contributed by atoms with Gasteiger partial charge in [0, 0.05) is 0 Å². The molecule has 0 aliphatic rings. The van der Waals surface area contributed by atoms with Crippen molar-refractivity contribution in [1.29, 1.82) is 0 Å². The fourth-order valence-corrected chi connectivity index (χ4v) is 0.249. The summed E-state index contributed by atoms with van der Waals surface area (Å²) >= 11 is 0. The lowest BCUT2D eigenvalue weighted by molar-refractivity contribution is -0.615. The molecule has 0 saturated carbocycles. The Hall–Kier alpha value is -1.79. The molecule has 7 nitrogen and oxygen atoms in total. The van der Waals surface area contributed by atoms with E-state index in [1.54, 1.807) is 0 Å². The molecule has 0 radical (unpaired) electrons. The Bertz CT molecular complexity index is 191. The highest BCUT2D eigenvalue weighted by Crippen LogP contribution is 1.92. The van der Waals surface area contributed by atoms with Crippen LogP contribution < -0.4 is 0 Å². The molecule has 10 heavy (non-hydrogen) atoms. The first-order valence-corrected chi connectivity index (χ1v) is 2.04. The van der Waals surface area contributed by atoms with Crippen molar-refractivity contribution in [3.05, 3.63) is 32.1 Å². The van der Waals surface area contributed by atoms with Crippen LogP contribution in [0.25, 0.3) is 0 Å². The van der Waals surface area contributed by atoms with Crippen molar-refractivity contribution in [2.24, 2.45) is 0 Å². The van der Waals surface area contributed by atoms with Crippen LogP contribution in [0.15, 0.2) is 11.9 Å². The van der Waals surface area contributed by atoms with E-state index in [9.17, 15) is 25.0 Å². The van der Waals surface area contributed by atoms with Crippen molar-refractivity contribution in [3.63, 3.8) is 0 Å². The molecular weight excluding hydrogens is 144 g/mol. The van der Waals surface area contributed by atoms with Crippen molar-refractivity contribution < 1.29 is 14.6 Å². The van der Waals surface area contributed by atoms with E-state index in [1.165, 1.54) is 0 Å². The van der Waals surface area contributed by atoms with E-state index in [4.69, 9.17) is 0 Å². The molecule has 7 heteroatoms. The number of nitro groups is 2. The fourth-order valence-electron chi connectivity index (χ4n) is 0.249. The summed E-state index contributed by atoms with van der Waals surface area (Å²) < 4.78 is 0. The van der Waals surface area contributed by atoms with Crippen molar-refractivity contribution in [3.8, 4) is 0 Å². The lowest BCUT2D eigenvalue weighted by Gasteiger charge is -1.82. The van der Waals surface area contributed by atoms with Crippen LogP contribution in [-0.2, 0) is 4.79 Å². The zero-order valence-electron chi connectivity index (χ0n) is 4.59. The predicted octanol–water partition coefficient (Wildman–Crippen LogP) is -0.420. The third-order valence-electron chi connectivity index (χ3n) is 0.591. The lowest BCUT2D eigenvalue weighted by Crippen LogP contribution is -2.08. The molecule has 0 N–H and O–H groups in total. The van der Waals surface area contributed by atoms with Gasteiger partial charge in [-0.2, -0.15) is 0 Å². The molecule has 0 amide bonds. The highest BCUT2D eigenvalue weighted by atomic mass is 16.7. The van der Waals surface area contributed by atoms with E-state index < -0.39 is 15.7 Å². The number of nitrogens with zero attached hydrogens (tertiary/aromatic N) is 2. The molecule has 0 aliphatic carbocycles. The Morgan fingerprint density at radius 3 is 1.70 bits per heavy atom. The van der Waals surface area contributed by atoms with Crippen LogP contribution in [-0.4, -0.2) is 16.1 Å². The number of hydrogen-bond donors (Lipinski definition) is 0. The second-order valence-electron chi connectivity index (χ2n) is 1.18. The molecule has 0 aliphatic heterocycles. The maximum Gasteiger partial charge on any atom is 0.561 e. The van der Waals surface area contributed by atoms with E-state index in [1.807, 2.05) is 0 Å². The molecule has 0 aromatic heterocycles. The second kappa shape index (κ2) is 3.28. The summed E-state index contributed by atoms with van der Waals surface area (Å²) in [5.74, 6) is -1.32. The van der Waals surface area contributed by atoms with Gasteiger partial charge in [0.05, 0.1) is 0 Å². The summed E-state index contributed by atoms with van der Waals surface area (Å²) in [5, 5.41) is 19.3. The van der Waals surface area contributed by atoms with Gasteiger partial charge in [-0.15, -0.1) is 0 Å². The monoisotopic (exact) mass is 146 g/mol. The van der Waals surface area contributed by atoms with Gasteiger partial charge in [-0.1, -0.05) is 0 Å². The molecule has 0 bridgehead atoms. The topological polar surface area (TPSA) is 103 Å². The lowest BCUT2D eigenvalue weighted by atomic mass is 10.6. The molecule has 0 fully saturated rings. The normalized spacial score (nSPS) is 8.00. The van der Waals surface area contributed by atoms with Crippen LogP contribution in [0.3, 0.4) is 0 Å². The first-order valence-electron chi connectivity index (χ1n) is 2.04. The van der Waals surface area contributed by atoms with Crippen LogP contribution in [0.1, 0.15) is 0 Å². The number of rotatable bonds is 3. The molecule has 0 unspecified atom stereocenters. The molecule has 0 rings (SSSR count). The summed E-state index contributed by atoms with van der Waals surface area (Å²) in [5.41, 5.74) is 0. The third-order valence-corrected chi connectivity index (χ3v) is 0.591. The summed E-state index contributed by atoms with van der Waals surface area (Å²) in [4.78, 5) is 26.4. The minimum absolute atomic E-state index is 0.0130. The minimum atomic E-state index is -1.32. The van der Waals surface area contributed by atoms with Crippen molar-refractivity contribution in [2.45, 2.75) is 0 Å². The van der Waals surface area contributed by atoms with Crippen LogP contribution in [0.5, 0.6) is 0 Å². The number of aldehydes is 1. The summed E-state index contributed by atoms with van der Waals surface area (Å²) in [6.07, 6.45) is 0.265. The Morgan fingerprint density at radius 2 is 1.60 bits per heavy atom. The molecule has 0 atom stereocenters. The molecule has 0 spiro atoms. The quantitative estimate of drug-likeness (QED) is 0.233. The number of hydrogen-bond acceptors (Lipinski definition) is 5. The molecule has 0 heterocycles. The summed E-state index contributed by atoms with van der Waals surface area (Å²) in [6.45, 7) is 0. The van der Waals surface area contributed by atoms with Gasteiger partial charge in [0.1, 0.15) is 15.9 Å². The smallest absolute Gasteiger partial charge is 0.298 e. The van der Waals surface area contributed by atoms with Gasteiger partial charge >= 0.3 is 5.82 Å². The average molecular weight is 146 g/mol. The van der Waals surface area contributed by atoms with Crippen molar-refractivity contribution in [1.82, 2.24) is 0 Å². The number of carbonyl (C=O) groups excluding carboxylic acids is 1. The second-order valence-corrected chi connectivity index (χ2v) is 1.18. The van der Waals surface area contributed by atoms with Gasteiger partial charge in [-0.3, -0.25) is 25.0 Å². The maximum absolute atomic E-state index is 9.67. The van der Waals surface area contributed by atoms with E-state index >= 15 is 0 Å². The SMILES string of the molecule is O=CC=C([N+](=O)[O-])[N+](=O)[O-]. The molecule has 54 valence electrons. The van der Waals surface area contributed by atoms with Crippen molar-refractivity contribution in [2.75, 3.05) is 0 Å². The van der Waals surface area contributed by atoms with Gasteiger partial charge in [0.2, 0.25) is 0 Å². The Morgan fingerprint density at radius 1 is 1.20 bits per heavy atom. The van der Waals surface area contributed by atoms with Crippen LogP contribution in [0.4, 0.5) is 0 Å². The first kappa shape index (κ1) is 8.21. The highest BCUT2D eigenvalue weighted by Gasteiger charge is 2.23. The minimum Gasteiger partial charge on any atom is -0.298 e. The van der Waals surface area contributed by atoms with E-state index in [-0.39, 0.29) is 12.4 Å². The third kappa shape index (κ3) is 1.99. The number of allylic oxidation sites excluding steroid dienone is 1. The molecule has 0 saturated heterocycles. The number of carbonyl (C=O) groups is 1. The first-order chi connectivity index (χ1) is 4.59. The fraction of sp³-hybridized carbons (Fsp3) is 0. The van der Waals surface area contributed by atoms with E-state index in [0.717, 1.165) is 0 Å². The van der Waals surface area contributed by atoms with Gasteiger partial charge < -0.3 is 0 Å². The van der Waals surface area contributed by atoms with Crippen molar-refractivity contribution >= 4 is 6.29 Å². The van der Waals surface area contributed by atoms with Crippen LogP contribution >= 0.6 is 0 Å². The molecular formula is C3H2N2O5. The average Bonchev–Trinajstić information content (AvgIpc) is 1.81. The Labute approximate surface area is 54.2 Å². The highest BCUT2D eigenvalue weighted by molar-refractivity contribution is 5.64. The van der Waals surface area contributed by atoms with E-state index in [0.29, 0.717) is 0 Å². The molecule has 0 aromatic carbocycles. The maximum atomic E-state index is 9.67. The Balaban J connectivity index is 4.58. The van der Waals surface area contributed by atoms with Crippen LogP contribution in [0, 0.1) is 20.2 Å². The zero-order valence-corrected chi connectivity index (χ0v) is 4.59. The summed E-state index contributed by atoms with van der Waals surface area (Å²) in [7, 11) is 0. The molecule has 0 aromatic rings. The van der Waals surface area contributed by atoms with Crippen LogP contribution in [0.2, 0.25) is 0 Å². The van der Waals surface area contributed by atoms with Gasteiger partial charge in [-0.05, 0) is 0 Å². The Kier molecular flexibility index (Phi) is 2.69. The standard InChI is InChI=1S/C3H2N2O5/c6-2-1-3(4(7)8)5(9)10/h1-2H. The van der Waals surface area contributed by atoms with Gasteiger partial charge in [0.15, 0.2) is 6.29 Å². The largest absolute Gasteiger partial charge is 0.561 e. The van der Waals surface area contributed by atoms with Gasteiger partial charge in [0.25, 0.3) is 0 Å². The summed E-state index contributed by atoms with van der Waals surface area (Å²) in [6, 6.07) is 0. The zero-order chi connectivity index (χ0) is 8.15. The van der Waals surface area contributed by atoms with E-state index in [2.05, 4.69) is 0 Å².